The average Bonchev–Trinajstić information content (AvgIpc) is 2.83. The molecule has 0 aliphatic heterocycles. The Hall–Kier alpha value is -4.18. The minimum atomic E-state index is -0.777. The van der Waals surface area contributed by atoms with Gasteiger partial charge < -0.3 is 15.8 Å². The van der Waals surface area contributed by atoms with Crippen LogP contribution in [-0.2, 0) is 27.4 Å². The molecule has 3 aromatic rings. The molecule has 3 rings (SSSR count). The SMILES string of the molecule is COCCn1c(N)c(N(Cc2ccccc2)C(=O)CC(NC(C)=O)c2ccccc2)c(=O)[nH]c1=O. The molecule has 0 aliphatic rings. The molecule has 2 aromatic carbocycles. The third-order valence-electron chi connectivity index (χ3n) is 5.45. The molecule has 2 amide bonds. The Morgan fingerprint density at radius 3 is 2.31 bits per heavy atom. The normalized spacial score (nSPS) is 11.6. The summed E-state index contributed by atoms with van der Waals surface area (Å²) < 4.78 is 6.20. The van der Waals surface area contributed by atoms with E-state index in [0.717, 1.165) is 15.7 Å². The van der Waals surface area contributed by atoms with Crippen molar-refractivity contribution in [1.29, 1.82) is 0 Å². The Labute approximate surface area is 202 Å². The van der Waals surface area contributed by atoms with Gasteiger partial charge in [0, 0.05) is 14.0 Å². The molecule has 1 unspecified atom stereocenters. The highest BCUT2D eigenvalue weighted by molar-refractivity contribution is 5.96. The highest BCUT2D eigenvalue weighted by atomic mass is 16.5. The fraction of sp³-hybridized carbons (Fsp3) is 0.280. The second-order valence-electron chi connectivity index (χ2n) is 7.97. The first-order chi connectivity index (χ1) is 16.8. The van der Waals surface area contributed by atoms with Crippen LogP contribution >= 0.6 is 0 Å². The van der Waals surface area contributed by atoms with Gasteiger partial charge in [0.15, 0.2) is 5.69 Å². The summed E-state index contributed by atoms with van der Waals surface area (Å²) in [4.78, 5) is 54.3. The van der Waals surface area contributed by atoms with Gasteiger partial charge in [-0.2, -0.15) is 0 Å². The largest absolute Gasteiger partial charge is 0.383 e. The van der Waals surface area contributed by atoms with E-state index >= 15 is 0 Å². The third kappa shape index (κ3) is 6.45. The molecule has 0 saturated carbocycles. The first kappa shape index (κ1) is 25.4. The van der Waals surface area contributed by atoms with E-state index in [0.29, 0.717) is 0 Å². The zero-order valence-electron chi connectivity index (χ0n) is 19.7. The van der Waals surface area contributed by atoms with E-state index in [2.05, 4.69) is 10.3 Å². The van der Waals surface area contributed by atoms with Crippen molar-refractivity contribution in [3.63, 3.8) is 0 Å². The number of carbonyl (C=O) groups excluding carboxylic acids is 2. The lowest BCUT2D eigenvalue weighted by Gasteiger charge is -2.27. The molecule has 10 nitrogen and oxygen atoms in total. The van der Waals surface area contributed by atoms with E-state index in [9.17, 15) is 19.2 Å². The minimum absolute atomic E-state index is 0.0387. The number of aromatic nitrogens is 2. The van der Waals surface area contributed by atoms with Crippen molar-refractivity contribution >= 4 is 23.3 Å². The molecular weight excluding hydrogens is 450 g/mol. The molecule has 0 aliphatic carbocycles. The van der Waals surface area contributed by atoms with E-state index in [4.69, 9.17) is 10.5 Å². The van der Waals surface area contributed by atoms with Crippen LogP contribution in [0.3, 0.4) is 0 Å². The molecule has 1 atom stereocenters. The van der Waals surface area contributed by atoms with Gasteiger partial charge in [-0.05, 0) is 11.1 Å². The smallest absolute Gasteiger partial charge is 0.330 e. The summed E-state index contributed by atoms with van der Waals surface area (Å²) >= 11 is 0. The third-order valence-corrected chi connectivity index (χ3v) is 5.45. The molecule has 0 radical (unpaired) electrons. The lowest BCUT2D eigenvalue weighted by Crippen LogP contribution is -2.42. The van der Waals surface area contributed by atoms with E-state index < -0.39 is 23.2 Å². The van der Waals surface area contributed by atoms with Crippen LogP contribution in [0.2, 0.25) is 0 Å². The maximum absolute atomic E-state index is 13.7. The van der Waals surface area contributed by atoms with Gasteiger partial charge in [-0.25, -0.2) is 4.79 Å². The molecule has 4 N–H and O–H groups in total. The molecule has 1 heterocycles. The van der Waals surface area contributed by atoms with Crippen LogP contribution in [0, 0.1) is 0 Å². The Balaban J connectivity index is 2.06. The van der Waals surface area contributed by atoms with Gasteiger partial charge in [-0.15, -0.1) is 0 Å². The van der Waals surface area contributed by atoms with Gasteiger partial charge in [0.2, 0.25) is 11.8 Å². The minimum Gasteiger partial charge on any atom is -0.383 e. The van der Waals surface area contributed by atoms with E-state index in [1.165, 1.54) is 18.9 Å². The van der Waals surface area contributed by atoms with Crippen LogP contribution < -0.4 is 27.2 Å². The topological polar surface area (TPSA) is 140 Å². The van der Waals surface area contributed by atoms with Crippen molar-refractivity contribution in [2.24, 2.45) is 0 Å². The van der Waals surface area contributed by atoms with Gasteiger partial charge in [-0.1, -0.05) is 60.7 Å². The van der Waals surface area contributed by atoms with E-state index in [1.54, 1.807) is 0 Å². The molecule has 0 saturated heterocycles. The second-order valence-corrected chi connectivity index (χ2v) is 7.97. The van der Waals surface area contributed by atoms with Crippen molar-refractivity contribution in [1.82, 2.24) is 14.9 Å². The number of aromatic amines is 1. The molecule has 35 heavy (non-hydrogen) atoms. The summed E-state index contributed by atoms with van der Waals surface area (Å²) in [6.45, 7) is 1.69. The number of anilines is 2. The molecule has 10 heteroatoms. The lowest BCUT2D eigenvalue weighted by atomic mass is 10.0. The lowest BCUT2D eigenvalue weighted by molar-refractivity contribution is -0.121. The van der Waals surface area contributed by atoms with E-state index in [1.807, 2.05) is 60.7 Å². The molecule has 0 spiro atoms. The number of methoxy groups -OCH3 is 1. The van der Waals surface area contributed by atoms with Crippen LogP contribution in [0.4, 0.5) is 11.5 Å². The van der Waals surface area contributed by atoms with Gasteiger partial charge in [-0.3, -0.25) is 28.8 Å². The van der Waals surface area contributed by atoms with Crippen molar-refractivity contribution < 1.29 is 14.3 Å². The number of H-pyrrole nitrogens is 1. The number of nitrogen functional groups attached to an aromatic ring is 1. The predicted octanol–water partition coefficient (Wildman–Crippen LogP) is 1.57. The summed E-state index contributed by atoms with van der Waals surface area (Å²) in [6, 6.07) is 17.5. The molecule has 0 fully saturated rings. The van der Waals surface area contributed by atoms with Crippen LogP contribution in [0.1, 0.15) is 30.5 Å². The van der Waals surface area contributed by atoms with Gasteiger partial charge in [0.05, 0.1) is 32.2 Å². The fourth-order valence-electron chi connectivity index (χ4n) is 3.77. The van der Waals surface area contributed by atoms with Crippen molar-refractivity contribution in [2.45, 2.75) is 32.5 Å². The molecule has 0 bridgehead atoms. The Bertz CT molecular complexity index is 1270. The Morgan fingerprint density at radius 2 is 1.71 bits per heavy atom. The fourth-order valence-corrected chi connectivity index (χ4v) is 3.77. The summed E-state index contributed by atoms with van der Waals surface area (Å²) in [5.74, 6) is -0.895. The average molecular weight is 480 g/mol. The summed E-state index contributed by atoms with van der Waals surface area (Å²) in [5.41, 5.74) is 6.15. The summed E-state index contributed by atoms with van der Waals surface area (Å²) in [6.07, 6.45) is -0.132. The Kier molecular flexibility index (Phi) is 8.58. The number of nitrogens with one attached hydrogen (secondary N) is 2. The number of carbonyl (C=O) groups is 2. The number of nitrogens with two attached hydrogens (primary N) is 1. The second kappa shape index (κ2) is 11.8. The molecular formula is C25H29N5O5. The van der Waals surface area contributed by atoms with Crippen molar-refractivity contribution in [3.05, 3.63) is 92.6 Å². The predicted molar refractivity (Wildman–Crippen MR) is 133 cm³/mol. The van der Waals surface area contributed by atoms with Crippen molar-refractivity contribution in [2.75, 3.05) is 24.4 Å². The number of benzene rings is 2. The number of amides is 2. The number of nitrogens with zero attached hydrogens (tertiary/aromatic N) is 2. The van der Waals surface area contributed by atoms with Crippen LogP contribution in [0.5, 0.6) is 0 Å². The molecule has 184 valence electrons. The van der Waals surface area contributed by atoms with Crippen LogP contribution in [0.25, 0.3) is 0 Å². The first-order valence-electron chi connectivity index (χ1n) is 11.1. The highest BCUT2D eigenvalue weighted by Gasteiger charge is 2.27. The van der Waals surface area contributed by atoms with E-state index in [-0.39, 0.29) is 43.5 Å². The number of hydrogen-bond acceptors (Lipinski definition) is 6. The number of ether oxygens (including phenoxy) is 1. The number of rotatable bonds is 10. The number of hydrogen-bond donors (Lipinski definition) is 3. The van der Waals surface area contributed by atoms with Crippen molar-refractivity contribution in [3.8, 4) is 0 Å². The summed E-state index contributed by atoms with van der Waals surface area (Å²) in [5, 5.41) is 2.80. The van der Waals surface area contributed by atoms with Crippen LogP contribution in [-0.4, -0.2) is 35.1 Å². The zero-order chi connectivity index (χ0) is 25.4. The maximum atomic E-state index is 13.7. The monoisotopic (exact) mass is 479 g/mol. The highest BCUT2D eigenvalue weighted by Crippen LogP contribution is 2.24. The van der Waals surface area contributed by atoms with Gasteiger partial charge in [0.25, 0.3) is 5.56 Å². The zero-order valence-corrected chi connectivity index (χ0v) is 19.7. The first-order valence-corrected chi connectivity index (χ1v) is 11.1. The van der Waals surface area contributed by atoms with Gasteiger partial charge >= 0.3 is 5.69 Å². The quantitative estimate of drug-likeness (QED) is 0.403. The van der Waals surface area contributed by atoms with Gasteiger partial charge in [0.1, 0.15) is 5.82 Å². The van der Waals surface area contributed by atoms with Crippen LogP contribution in [0.15, 0.2) is 70.3 Å². The Morgan fingerprint density at radius 1 is 1.09 bits per heavy atom. The summed E-state index contributed by atoms with van der Waals surface area (Å²) in [7, 11) is 1.48. The standard InChI is InChI=1S/C25H29N5O5/c1-17(31)27-20(19-11-7-4-8-12-19)15-21(32)30(16-18-9-5-3-6-10-18)22-23(26)29(13-14-35-2)25(34)28-24(22)33/h3-12,20H,13-16,26H2,1-2H3,(H,27,31)(H,28,33,34). The molecule has 1 aromatic heterocycles. The maximum Gasteiger partial charge on any atom is 0.330 e.